The summed E-state index contributed by atoms with van der Waals surface area (Å²) in [5.74, 6) is -1.52. The molecule has 0 unspecified atom stereocenters. The van der Waals surface area contributed by atoms with E-state index in [2.05, 4.69) is 10.3 Å². The highest BCUT2D eigenvalue weighted by molar-refractivity contribution is 5.38. The fourth-order valence-corrected chi connectivity index (χ4v) is 2.01. The molecular weight excluding hydrogens is 274 g/mol. The molecular formula is C16H16F2N2O. The third-order valence-electron chi connectivity index (χ3n) is 3.38. The molecule has 1 aromatic carbocycles. The van der Waals surface area contributed by atoms with E-state index in [4.69, 9.17) is 4.74 Å². The lowest BCUT2D eigenvalue weighted by atomic mass is 10.2. The number of nitrogens with zero attached hydrogens (tertiary/aromatic N) is 1. The Balaban J connectivity index is 1.85. The van der Waals surface area contributed by atoms with Crippen molar-refractivity contribution in [3.63, 3.8) is 0 Å². The van der Waals surface area contributed by atoms with E-state index in [1.54, 1.807) is 12.3 Å². The predicted molar refractivity (Wildman–Crippen MR) is 75.3 cm³/mol. The first-order valence-electron chi connectivity index (χ1n) is 6.94. The molecule has 2 aromatic rings. The van der Waals surface area contributed by atoms with Crippen LogP contribution in [0.3, 0.4) is 0 Å². The van der Waals surface area contributed by atoms with Gasteiger partial charge in [0.05, 0.1) is 0 Å². The summed E-state index contributed by atoms with van der Waals surface area (Å²) in [5, 5.41) is 3.36. The molecule has 0 aliphatic heterocycles. The Morgan fingerprint density at radius 1 is 1.29 bits per heavy atom. The Morgan fingerprint density at radius 2 is 2.10 bits per heavy atom. The van der Waals surface area contributed by atoms with Crippen molar-refractivity contribution in [1.29, 1.82) is 0 Å². The van der Waals surface area contributed by atoms with Gasteiger partial charge < -0.3 is 10.1 Å². The summed E-state index contributed by atoms with van der Waals surface area (Å²) in [6.45, 7) is 2.43. The van der Waals surface area contributed by atoms with Crippen LogP contribution in [0.5, 0.6) is 11.5 Å². The van der Waals surface area contributed by atoms with E-state index in [0.29, 0.717) is 18.3 Å². The maximum Gasteiger partial charge on any atom is 0.201 e. The van der Waals surface area contributed by atoms with E-state index in [1.807, 2.05) is 6.92 Å². The van der Waals surface area contributed by atoms with Crippen molar-refractivity contribution < 1.29 is 13.5 Å². The smallest absolute Gasteiger partial charge is 0.201 e. The first-order valence-corrected chi connectivity index (χ1v) is 6.94. The fraction of sp³-hybridized carbons (Fsp3) is 0.312. The van der Waals surface area contributed by atoms with E-state index in [0.717, 1.165) is 17.3 Å². The van der Waals surface area contributed by atoms with Crippen molar-refractivity contribution in [2.24, 2.45) is 0 Å². The molecule has 0 saturated heterocycles. The SMILES string of the molecule is Cc1cc(Oc2cccc(F)c2F)c(CNC2CC2)cn1. The first-order chi connectivity index (χ1) is 10.1. The van der Waals surface area contributed by atoms with Crippen molar-refractivity contribution in [2.75, 3.05) is 0 Å². The van der Waals surface area contributed by atoms with Gasteiger partial charge in [-0.25, -0.2) is 4.39 Å². The molecule has 0 spiro atoms. The maximum absolute atomic E-state index is 13.7. The van der Waals surface area contributed by atoms with Crippen molar-refractivity contribution in [3.05, 3.63) is 53.4 Å². The van der Waals surface area contributed by atoms with Gasteiger partial charge in [0.2, 0.25) is 5.82 Å². The first kappa shape index (κ1) is 13.9. The predicted octanol–water partition coefficient (Wildman–Crippen LogP) is 3.71. The topological polar surface area (TPSA) is 34.1 Å². The molecule has 1 N–H and O–H groups in total. The molecule has 21 heavy (non-hydrogen) atoms. The number of benzene rings is 1. The zero-order valence-corrected chi connectivity index (χ0v) is 11.7. The molecule has 3 rings (SSSR count). The van der Waals surface area contributed by atoms with E-state index in [1.165, 1.54) is 25.0 Å². The minimum Gasteiger partial charge on any atom is -0.454 e. The number of hydrogen-bond donors (Lipinski definition) is 1. The van der Waals surface area contributed by atoms with Crippen molar-refractivity contribution in [3.8, 4) is 11.5 Å². The summed E-state index contributed by atoms with van der Waals surface area (Å²) in [6.07, 6.45) is 4.05. The van der Waals surface area contributed by atoms with Crippen molar-refractivity contribution >= 4 is 0 Å². The van der Waals surface area contributed by atoms with Crippen LogP contribution in [-0.4, -0.2) is 11.0 Å². The average Bonchev–Trinajstić information content (AvgIpc) is 3.27. The van der Waals surface area contributed by atoms with Crippen LogP contribution in [0, 0.1) is 18.6 Å². The summed E-state index contributed by atoms with van der Waals surface area (Å²) in [7, 11) is 0. The number of halogens is 2. The minimum atomic E-state index is -0.979. The quantitative estimate of drug-likeness (QED) is 0.911. The number of rotatable bonds is 5. The van der Waals surface area contributed by atoms with E-state index in [9.17, 15) is 8.78 Å². The van der Waals surface area contributed by atoms with Crippen LogP contribution in [0.15, 0.2) is 30.5 Å². The minimum absolute atomic E-state index is 0.117. The Kier molecular flexibility index (Phi) is 3.84. The zero-order valence-electron chi connectivity index (χ0n) is 11.7. The standard InChI is InChI=1S/C16H16F2N2O/c1-10-7-15(11(8-19-10)9-20-12-5-6-12)21-14-4-2-3-13(17)16(14)18/h2-4,7-8,12,20H,5-6,9H2,1H3. The molecule has 110 valence electrons. The number of nitrogens with one attached hydrogen (secondary N) is 1. The van der Waals surface area contributed by atoms with Crippen LogP contribution in [-0.2, 0) is 6.54 Å². The fourth-order valence-electron chi connectivity index (χ4n) is 2.01. The zero-order chi connectivity index (χ0) is 14.8. The number of hydrogen-bond acceptors (Lipinski definition) is 3. The Morgan fingerprint density at radius 3 is 2.86 bits per heavy atom. The van der Waals surface area contributed by atoms with Crippen LogP contribution in [0.1, 0.15) is 24.1 Å². The van der Waals surface area contributed by atoms with E-state index in [-0.39, 0.29) is 5.75 Å². The molecule has 0 atom stereocenters. The molecule has 1 aliphatic rings. The average molecular weight is 290 g/mol. The molecule has 0 radical (unpaired) electrons. The highest BCUT2D eigenvalue weighted by Gasteiger charge is 2.21. The van der Waals surface area contributed by atoms with Gasteiger partial charge >= 0.3 is 0 Å². The lowest BCUT2D eigenvalue weighted by molar-refractivity contribution is 0.411. The van der Waals surface area contributed by atoms with Gasteiger partial charge in [0.1, 0.15) is 5.75 Å². The van der Waals surface area contributed by atoms with Gasteiger partial charge in [-0.15, -0.1) is 0 Å². The molecule has 5 heteroatoms. The van der Waals surface area contributed by atoms with Gasteiger partial charge in [-0.3, -0.25) is 4.98 Å². The second kappa shape index (κ2) is 5.77. The van der Waals surface area contributed by atoms with Gasteiger partial charge in [-0.2, -0.15) is 4.39 Å². The molecule has 0 bridgehead atoms. The highest BCUT2D eigenvalue weighted by atomic mass is 19.2. The van der Waals surface area contributed by atoms with Crippen molar-refractivity contribution in [2.45, 2.75) is 32.4 Å². The number of aromatic nitrogens is 1. The second-order valence-electron chi connectivity index (χ2n) is 5.24. The monoisotopic (exact) mass is 290 g/mol. The molecule has 1 aliphatic carbocycles. The Bertz CT molecular complexity index is 657. The number of pyridine rings is 1. The van der Waals surface area contributed by atoms with Crippen LogP contribution < -0.4 is 10.1 Å². The lowest BCUT2D eigenvalue weighted by Crippen LogP contribution is -2.16. The van der Waals surface area contributed by atoms with Gasteiger partial charge in [0.25, 0.3) is 0 Å². The molecule has 1 fully saturated rings. The third-order valence-corrected chi connectivity index (χ3v) is 3.38. The Hall–Kier alpha value is -2.01. The molecule has 1 saturated carbocycles. The number of aryl methyl sites for hydroxylation is 1. The van der Waals surface area contributed by atoms with Crippen LogP contribution in [0.4, 0.5) is 8.78 Å². The lowest BCUT2D eigenvalue weighted by Gasteiger charge is -2.13. The Labute approximate surface area is 122 Å². The summed E-state index contributed by atoms with van der Waals surface area (Å²) >= 11 is 0. The van der Waals surface area contributed by atoms with Gasteiger partial charge in [-0.1, -0.05) is 6.07 Å². The molecule has 0 amide bonds. The summed E-state index contributed by atoms with van der Waals surface area (Å²) < 4.78 is 32.5. The summed E-state index contributed by atoms with van der Waals surface area (Å²) in [5.41, 5.74) is 1.59. The van der Waals surface area contributed by atoms with Gasteiger partial charge in [0, 0.05) is 36.1 Å². The third kappa shape index (κ3) is 3.36. The van der Waals surface area contributed by atoms with Crippen molar-refractivity contribution in [1.82, 2.24) is 10.3 Å². The summed E-state index contributed by atoms with van der Waals surface area (Å²) in [4.78, 5) is 4.23. The molecule has 3 nitrogen and oxygen atoms in total. The van der Waals surface area contributed by atoms with Crippen LogP contribution in [0.25, 0.3) is 0 Å². The van der Waals surface area contributed by atoms with E-state index >= 15 is 0 Å². The van der Waals surface area contributed by atoms with Gasteiger partial charge in [-0.05, 0) is 31.9 Å². The largest absolute Gasteiger partial charge is 0.454 e. The molecule has 1 aromatic heterocycles. The van der Waals surface area contributed by atoms with E-state index < -0.39 is 11.6 Å². The second-order valence-corrected chi connectivity index (χ2v) is 5.24. The summed E-state index contributed by atoms with van der Waals surface area (Å²) in [6, 6.07) is 6.17. The maximum atomic E-state index is 13.7. The van der Waals surface area contributed by atoms with Crippen LogP contribution in [0.2, 0.25) is 0 Å². The number of ether oxygens (including phenoxy) is 1. The van der Waals surface area contributed by atoms with Gasteiger partial charge in [0.15, 0.2) is 11.6 Å². The van der Waals surface area contributed by atoms with Crippen LogP contribution >= 0.6 is 0 Å². The normalized spacial score (nSPS) is 14.2. The molecule has 1 heterocycles. The highest BCUT2D eigenvalue weighted by Crippen LogP contribution is 2.29.